The van der Waals surface area contributed by atoms with E-state index in [9.17, 15) is 19.2 Å². The Kier molecular flexibility index (Phi) is 6.77. The number of carbonyl (C=O) groups excluding carboxylic acids is 4. The van der Waals surface area contributed by atoms with Gasteiger partial charge in [0.05, 0.1) is 16.8 Å². The van der Waals surface area contributed by atoms with Crippen LogP contribution in [0, 0.1) is 0 Å². The number of rotatable bonds is 7. The molecule has 0 bridgehead atoms. The lowest BCUT2D eigenvalue weighted by Gasteiger charge is -2.18. The molecule has 1 aliphatic heterocycles. The minimum atomic E-state index is -0.831. The van der Waals surface area contributed by atoms with Gasteiger partial charge in [0.2, 0.25) is 6.79 Å². The van der Waals surface area contributed by atoms with Gasteiger partial charge in [0.1, 0.15) is 0 Å². The summed E-state index contributed by atoms with van der Waals surface area (Å²) < 4.78 is 15.7. The molecule has 4 rings (SSSR count). The van der Waals surface area contributed by atoms with E-state index < -0.39 is 24.4 Å². The molecular weight excluding hydrogens is 452 g/mol. The molecule has 0 atom stereocenters. The molecule has 0 unspecified atom stereocenters. The van der Waals surface area contributed by atoms with Crippen LogP contribution in [-0.4, -0.2) is 44.0 Å². The molecule has 3 aromatic rings. The molecule has 0 aromatic heterocycles. The molecule has 1 aliphatic rings. The van der Waals surface area contributed by atoms with Crippen LogP contribution in [-0.2, 0) is 9.53 Å². The van der Waals surface area contributed by atoms with Gasteiger partial charge >= 0.3 is 5.97 Å². The van der Waals surface area contributed by atoms with E-state index in [2.05, 4.69) is 5.32 Å². The lowest BCUT2D eigenvalue weighted by molar-refractivity contribution is -0.119. The highest BCUT2D eigenvalue weighted by atomic mass is 16.7. The predicted molar refractivity (Wildman–Crippen MR) is 127 cm³/mol. The van der Waals surface area contributed by atoms with Gasteiger partial charge in [-0.3, -0.25) is 14.4 Å². The summed E-state index contributed by atoms with van der Waals surface area (Å²) in [7, 11) is 1.60. The largest absolute Gasteiger partial charge is 0.454 e. The number of fused-ring (bicyclic) bond motifs is 1. The average molecular weight is 474 g/mol. The molecule has 1 N–H and O–H groups in total. The Hall–Kier alpha value is -4.66. The fourth-order valence-corrected chi connectivity index (χ4v) is 3.53. The second-order valence-corrected chi connectivity index (χ2v) is 7.68. The maximum atomic E-state index is 13.0. The van der Waals surface area contributed by atoms with Gasteiger partial charge in [0.15, 0.2) is 23.9 Å². The summed E-state index contributed by atoms with van der Waals surface area (Å²) in [6, 6.07) is 18.2. The second kappa shape index (κ2) is 10.1. The van der Waals surface area contributed by atoms with Crippen molar-refractivity contribution in [3.05, 3.63) is 83.4 Å². The van der Waals surface area contributed by atoms with Crippen LogP contribution in [0.25, 0.3) is 0 Å². The van der Waals surface area contributed by atoms with E-state index >= 15 is 0 Å². The number of nitrogens with zero attached hydrogens (tertiary/aromatic N) is 1. The molecule has 35 heavy (non-hydrogen) atoms. The van der Waals surface area contributed by atoms with Crippen molar-refractivity contribution < 1.29 is 33.4 Å². The van der Waals surface area contributed by atoms with Gasteiger partial charge in [-0.2, -0.15) is 0 Å². The van der Waals surface area contributed by atoms with Gasteiger partial charge in [-0.25, -0.2) is 4.79 Å². The SMILES string of the molecule is CC(=O)c1cc2c(cc1NC(=O)COC(=O)c1ccccc1C(=O)N(C)c1ccccc1)OCO2. The number of Topliss-reactive ketones (excluding diaryl/α,β-unsaturated/α-hetero) is 1. The fourth-order valence-electron chi connectivity index (χ4n) is 3.53. The van der Waals surface area contributed by atoms with Gasteiger partial charge in [-0.15, -0.1) is 0 Å². The number of ketones is 1. The summed E-state index contributed by atoms with van der Waals surface area (Å²) in [5.74, 6) is -1.39. The highest BCUT2D eigenvalue weighted by Crippen LogP contribution is 2.37. The Morgan fingerprint density at radius 3 is 2.20 bits per heavy atom. The second-order valence-electron chi connectivity index (χ2n) is 7.68. The quantitative estimate of drug-likeness (QED) is 0.411. The third kappa shape index (κ3) is 5.14. The molecular formula is C26H22N2O7. The molecule has 9 heteroatoms. The summed E-state index contributed by atoms with van der Waals surface area (Å²) in [6.07, 6.45) is 0. The Labute approximate surface area is 201 Å². The lowest BCUT2D eigenvalue weighted by atomic mass is 10.1. The number of ether oxygens (including phenoxy) is 3. The summed E-state index contributed by atoms with van der Waals surface area (Å²) in [4.78, 5) is 51.7. The summed E-state index contributed by atoms with van der Waals surface area (Å²) in [6.45, 7) is 0.745. The predicted octanol–water partition coefficient (Wildman–Crippen LogP) is 3.69. The van der Waals surface area contributed by atoms with Gasteiger partial charge in [-0.05, 0) is 37.3 Å². The van der Waals surface area contributed by atoms with E-state index in [-0.39, 0.29) is 35.0 Å². The Balaban J connectivity index is 1.45. The summed E-state index contributed by atoms with van der Waals surface area (Å²) in [5, 5.41) is 2.56. The van der Waals surface area contributed by atoms with Gasteiger partial charge in [0, 0.05) is 24.4 Å². The molecule has 178 valence electrons. The molecule has 1 heterocycles. The summed E-state index contributed by atoms with van der Waals surface area (Å²) in [5.41, 5.74) is 1.27. The van der Waals surface area contributed by atoms with Crippen LogP contribution in [0.5, 0.6) is 11.5 Å². The minimum absolute atomic E-state index is 0.0132. The van der Waals surface area contributed by atoms with E-state index in [0.717, 1.165) is 0 Å². The van der Waals surface area contributed by atoms with Crippen molar-refractivity contribution in [2.24, 2.45) is 0 Å². The average Bonchev–Trinajstić information content (AvgIpc) is 3.34. The van der Waals surface area contributed by atoms with Crippen molar-refractivity contribution in [3.63, 3.8) is 0 Å². The zero-order valence-corrected chi connectivity index (χ0v) is 19.1. The van der Waals surface area contributed by atoms with E-state index in [1.807, 2.05) is 6.07 Å². The number of nitrogens with one attached hydrogen (secondary N) is 1. The zero-order chi connectivity index (χ0) is 24.9. The van der Waals surface area contributed by atoms with Crippen LogP contribution in [0.4, 0.5) is 11.4 Å². The molecule has 0 radical (unpaired) electrons. The maximum Gasteiger partial charge on any atom is 0.339 e. The van der Waals surface area contributed by atoms with Gasteiger partial charge < -0.3 is 24.4 Å². The number of carbonyl (C=O) groups is 4. The van der Waals surface area contributed by atoms with E-state index in [1.165, 1.54) is 36.1 Å². The highest BCUT2D eigenvalue weighted by Gasteiger charge is 2.23. The van der Waals surface area contributed by atoms with Crippen LogP contribution in [0.15, 0.2) is 66.7 Å². The van der Waals surface area contributed by atoms with Gasteiger partial charge in [0.25, 0.3) is 11.8 Å². The summed E-state index contributed by atoms with van der Waals surface area (Å²) >= 11 is 0. The molecule has 0 saturated carbocycles. The number of amides is 2. The first-order chi connectivity index (χ1) is 16.8. The first-order valence-corrected chi connectivity index (χ1v) is 10.7. The smallest absolute Gasteiger partial charge is 0.339 e. The minimum Gasteiger partial charge on any atom is -0.454 e. The highest BCUT2D eigenvalue weighted by molar-refractivity contribution is 6.12. The van der Waals surface area contributed by atoms with Crippen LogP contribution in [0.1, 0.15) is 38.0 Å². The van der Waals surface area contributed by atoms with Crippen molar-refractivity contribution in [1.82, 2.24) is 0 Å². The van der Waals surface area contributed by atoms with Crippen LogP contribution in [0.3, 0.4) is 0 Å². The number of benzene rings is 3. The molecule has 0 aliphatic carbocycles. The topological polar surface area (TPSA) is 111 Å². The molecule has 0 spiro atoms. The molecule has 0 saturated heterocycles. The van der Waals surface area contributed by atoms with Gasteiger partial charge in [-0.1, -0.05) is 30.3 Å². The number of anilines is 2. The van der Waals surface area contributed by atoms with Crippen molar-refractivity contribution in [2.45, 2.75) is 6.92 Å². The molecule has 3 aromatic carbocycles. The molecule has 9 nitrogen and oxygen atoms in total. The van der Waals surface area contributed by atoms with Crippen molar-refractivity contribution in [2.75, 3.05) is 30.7 Å². The van der Waals surface area contributed by atoms with Crippen LogP contribution in [0.2, 0.25) is 0 Å². The maximum absolute atomic E-state index is 13.0. The normalized spacial score (nSPS) is 11.5. The van der Waals surface area contributed by atoms with Crippen molar-refractivity contribution in [3.8, 4) is 11.5 Å². The van der Waals surface area contributed by atoms with Crippen LogP contribution >= 0.6 is 0 Å². The third-order valence-corrected chi connectivity index (χ3v) is 5.33. The first kappa shape index (κ1) is 23.5. The van der Waals surface area contributed by atoms with Crippen molar-refractivity contribution >= 4 is 34.9 Å². The Morgan fingerprint density at radius 1 is 0.886 bits per heavy atom. The zero-order valence-electron chi connectivity index (χ0n) is 19.1. The standard InChI is InChI=1S/C26H22N2O7/c1-16(29)20-12-22-23(35-15-34-22)13-21(20)27-24(30)14-33-26(32)19-11-7-6-10-18(19)25(31)28(2)17-8-4-3-5-9-17/h3-13H,14-15H2,1-2H3,(H,27,30). The van der Waals surface area contributed by atoms with E-state index in [1.54, 1.807) is 43.4 Å². The number of hydrogen-bond donors (Lipinski definition) is 1. The third-order valence-electron chi connectivity index (χ3n) is 5.33. The number of esters is 1. The Bertz CT molecular complexity index is 1300. The monoisotopic (exact) mass is 474 g/mol. The lowest BCUT2D eigenvalue weighted by Crippen LogP contribution is -2.28. The Morgan fingerprint density at radius 2 is 1.51 bits per heavy atom. The van der Waals surface area contributed by atoms with Crippen LogP contribution < -0.4 is 19.7 Å². The van der Waals surface area contributed by atoms with E-state index in [4.69, 9.17) is 14.2 Å². The first-order valence-electron chi connectivity index (χ1n) is 10.7. The van der Waals surface area contributed by atoms with E-state index in [0.29, 0.717) is 17.2 Å². The number of hydrogen-bond acceptors (Lipinski definition) is 7. The van der Waals surface area contributed by atoms with Crippen molar-refractivity contribution in [1.29, 1.82) is 0 Å². The molecule has 0 fully saturated rings. The number of para-hydroxylation sites is 1. The fraction of sp³-hybridized carbons (Fsp3) is 0.154. The molecule has 2 amide bonds.